The van der Waals surface area contributed by atoms with Gasteiger partial charge in [-0.15, -0.1) is 22.7 Å². The first-order valence-corrected chi connectivity index (χ1v) is 6.35. The number of thiophene rings is 1. The highest BCUT2D eigenvalue weighted by molar-refractivity contribution is 7.12. The van der Waals surface area contributed by atoms with Crippen LogP contribution < -0.4 is 11.3 Å². The molecule has 3 N–H and O–H groups in total. The van der Waals surface area contributed by atoms with Crippen LogP contribution in [0.4, 0.5) is 0 Å². The summed E-state index contributed by atoms with van der Waals surface area (Å²) in [6, 6.07) is 4.22. The van der Waals surface area contributed by atoms with Crippen molar-refractivity contribution in [2.45, 2.75) is 19.9 Å². The SMILES string of the molecule is Cc1ccc(C(NN)c2csc(C)n2)s1. The molecule has 2 heterocycles. The Morgan fingerprint density at radius 2 is 2.20 bits per heavy atom. The van der Waals surface area contributed by atoms with Crippen LogP contribution in [0.3, 0.4) is 0 Å². The molecule has 2 rings (SSSR count). The molecule has 0 aromatic carbocycles. The van der Waals surface area contributed by atoms with Crippen LogP contribution in [-0.2, 0) is 0 Å². The summed E-state index contributed by atoms with van der Waals surface area (Å²) in [5.74, 6) is 5.58. The fourth-order valence-corrected chi connectivity index (χ4v) is 3.02. The minimum absolute atomic E-state index is 0.0219. The summed E-state index contributed by atoms with van der Waals surface area (Å²) in [6.07, 6.45) is 0. The van der Waals surface area contributed by atoms with E-state index in [0.29, 0.717) is 0 Å². The second kappa shape index (κ2) is 4.40. The Bertz CT molecular complexity index is 407. The van der Waals surface area contributed by atoms with Gasteiger partial charge in [0.15, 0.2) is 0 Å². The molecule has 0 aliphatic rings. The van der Waals surface area contributed by atoms with Crippen molar-refractivity contribution in [3.05, 3.63) is 38.0 Å². The van der Waals surface area contributed by atoms with Gasteiger partial charge >= 0.3 is 0 Å². The molecule has 0 radical (unpaired) electrons. The number of rotatable bonds is 3. The van der Waals surface area contributed by atoms with Gasteiger partial charge in [0, 0.05) is 15.1 Å². The van der Waals surface area contributed by atoms with Gasteiger partial charge in [0.05, 0.1) is 16.7 Å². The molecule has 3 nitrogen and oxygen atoms in total. The molecule has 0 fully saturated rings. The van der Waals surface area contributed by atoms with Gasteiger partial charge in [-0.25, -0.2) is 10.4 Å². The number of hydrazine groups is 1. The van der Waals surface area contributed by atoms with E-state index in [-0.39, 0.29) is 6.04 Å². The Labute approximate surface area is 96.9 Å². The average molecular weight is 239 g/mol. The highest BCUT2D eigenvalue weighted by Crippen LogP contribution is 2.28. The van der Waals surface area contributed by atoms with Crippen molar-refractivity contribution in [1.82, 2.24) is 10.4 Å². The van der Waals surface area contributed by atoms with Crippen LogP contribution in [0.2, 0.25) is 0 Å². The summed E-state index contributed by atoms with van der Waals surface area (Å²) in [5, 5.41) is 3.12. The van der Waals surface area contributed by atoms with Crippen molar-refractivity contribution in [1.29, 1.82) is 0 Å². The topological polar surface area (TPSA) is 50.9 Å². The molecular weight excluding hydrogens is 226 g/mol. The number of nitrogens with one attached hydrogen (secondary N) is 1. The second-order valence-electron chi connectivity index (χ2n) is 3.34. The van der Waals surface area contributed by atoms with E-state index < -0.39 is 0 Å². The van der Waals surface area contributed by atoms with Crippen LogP contribution in [0.1, 0.15) is 26.5 Å². The zero-order valence-corrected chi connectivity index (χ0v) is 10.3. The maximum Gasteiger partial charge on any atom is 0.0981 e. The third kappa shape index (κ3) is 2.26. The number of aromatic nitrogens is 1. The van der Waals surface area contributed by atoms with Crippen LogP contribution in [0.15, 0.2) is 17.5 Å². The molecule has 0 amide bonds. The Balaban J connectivity index is 2.32. The first kappa shape index (κ1) is 10.8. The van der Waals surface area contributed by atoms with E-state index in [4.69, 9.17) is 5.84 Å². The monoisotopic (exact) mass is 239 g/mol. The maximum absolute atomic E-state index is 5.58. The molecule has 0 bridgehead atoms. The number of hydrogen-bond acceptors (Lipinski definition) is 5. The molecule has 0 spiro atoms. The first-order chi connectivity index (χ1) is 7.20. The molecule has 0 aliphatic heterocycles. The lowest BCUT2D eigenvalue weighted by atomic mass is 10.2. The van der Waals surface area contributed by atoms with E-state index >= 15 is 0 Å². The van der Waals surface area contributed by atoms with Crippen LogP contribution in [-0.4, -0.2) is 4.98 Å². The number of aryl methyl sites for hydroxylation is 2. The number of nitrogens with zero attached hydrogens (tertiary/aromatic N) is 1. The molecule has 1 unspecified atom stereocenters. The zero-order valence-electron chi connectivity index (χ0n) is 8.65. The zero-order chi connectivity index (χ0) is 10.8. The van der Waals surface area contributed by atoms with Gasteiger partial charge < -0.3 is 0 Å². The highest BCUT2D eigenvalue weighted by Gasteiger charge is 2.16. The van der Waals surface area contributed by atoms with Gasteiger partial charge in [-0.05, 0) is 26.0 Å². The van der Waals surface area contributed by atoms with Crippen molar-refractivity contribution in [3.8, 4) is 0 Å². The molecule has 15 heavy (non-hydrogen) atoms. The third-order valence-electron chi connectivity index (χ3n) is 2.14. The lowest BCUT2D eigenvalue weighted by molar-refractivity contribution is 0.632. The lowest BCUT2D eigenvalue weighted by Gasteiger charge is -2.10. The van der Waals surface area contributed by atoms with E-state index in [1.54, 1.807) is 22.7 Å². The van der Waals surface area contributed by atoms with Gasteiger partial charge in [0.2, 0.25) is 0 Å². The molecular formula is C10H13N3S2. The van der Waals surface area contributed by atoms with Gasteiger partial charge in [-0.1, -0.05) is 0 Å². The molecule has 0 saturated heterocycles. The van der Waals surface area contributed by atoms with E-state index in [9.17, 15) is 0 Å². The van der Waals surface area contributed by atoms with Crippen molar-refractivity contribution >= 4 is 22.7 Å². The van der Waals surface area contributed by atoms with Crippen molar-refractivity contribution in [2.24, 2.45) is 5.84 Å². The molecule has 0 aliphatic carbocycles. The molecule has 2 aromatic rings. The number of thiazole rings is 1. The fraction of sp³-hybridized carbons (Fsp3) is 0.300. The average Bonchev–Trinajstić information content (AvgIpc) is 2.78. The van der Waals surface area contributed by atoms with Crippen molar-refractivity contribution in [3.63, 3.8) is 0 Å². The summed E-state index contributed by atoms with van der Waals surface area (Å²) in [5.41, 5.74) is 3.82. The van der Waals surface area contributed by atoms with Crippen LogP contribution in [0.5, 0.6) is 0 Å². The van der Waals surface area contributed by atoms with Crippen LogP contribution >= 0.6 is 22.7 Å². The standard InChI is InChI=1S/C10H13N3S2/c1-6-3-4-9(15-6)10(13-11)8-5-14-7(2)12-8/h3-5,10,13H,11H2,1-2H3. The fourth-order valence-electron chi connectivity index (χ4n) is 1.43. The van der Waals surface area contributed by atoms with Crippen LogP contribution in [0.25, 0.3) is 0 Å². The quantitative estimate of drug-likeness (QED) is 0.638. The summed E-state index contributed by atoms with van der Waals surface area (Å²) in [4.78, 5) is 6.95. The molecule has 2 aromatic heterocycles. The maximum atomic E-state index is 5.58. The van der Waals surface area contributed by atoms with Gasteiger partial charge in [0.1, 0.15) is 0 Å². The summed E-state index contributed by atoms with van der Waals surface area (Å²) < 4.78 is 0. The minimum Gasteiger partial charge on any atom is -0.270 e. The summed E-state index contributed by atoms with van der Waals surface area (Å²) in [6.45, 7) is 4.09. The molecule has 80 valence electrons. The Kier molecular flexibility index (Phi) is 3.16. The van der Waals surface area contributed by atoms with Crippen LogP contribution in [0, 0.1) is 13.8 Å². The van der Waals surface area contributed by atoms with E-state index in [2.05, 4.69) is 34.8 Å². The third-order valence-corrected chi connectivity index (χ3v) is 4.00. The van der Waals surface area contributed by atoms with Crippen molar-refractivity contribution in [2.75, 3.05) is 0 Å². The normalized spacial score (nSPS) is 13.0. The molecule has 5 heteroatoms. The highest BCUT2D eigenvalue weighted by atomic mass is 32.1. The Morgan fingerprint density at radius 3 is 2.67 bits per heavy atom. The van der Waals surface area contributed by atoms with Crippen molar-refractivity contribution < 1.29 is 0 Å². The Hall–Kier alpha value is -0.750. The summed E-state index contributed by atoms with van der Waals surface area (Å²) in [7, 11) is 0. The number of hydrogen-bond donors (Lipinski definition) is 2. The van der Waals surface area contributed by atoms with Gasteiger partial charge in [0.25, 0.3) is 0 Å². The van der Waals surface area contributed by atoms with E-state index in [1.165, 1.54) is 9.75 Å². The van der Waals surface area contributed by atoms with E-state index in [1.807, 2.05) is 6.92 Å². The largest absolute Gasteiger partial charge is 0.270 e. The van der Waals surface area contributed by atoms with Gasteiger partial charge in [-0.2, -0.15) is 0 Å². The Morgan fingerprint density at radius 1 is 1.40 bits per heavy atom. The van der Waals surface area contributed by atoms with Gasteiger partial charge in [-0.3, -0.25) is 5.84 Å². The lowest BCUT2D eigenvalue weighted by Crippen LogP contribution is -2.28. The molecule has 1 atom stereocenters. The molecule has 0 saturated carbocycles. The summed E-state index contributed by atoms with van der Waals surface area (Å²) >= 11 is 3.39. The van der Waals surface area contributed by atoms with E-state index in [0.717, 1.165) is 10.7 Å². The first-order valence-electron chi connectivity index (χ1n) is 4.65. The number of nitrogens with two attached hydrogens (primary N) is 1. The second-order valence-corrected chi connectivity index (χ2v) is 5.72. The smallest absolute Gasteiger partial charge is 0.0981 e. The predicted molar refractivity (Wildman–Crippen MR) is 65.1 cm³/mol. The minimum atomic E-state index is 0.0219. The predicted octanol–water partition coefficient (Wildman–Crippen LogP) is 2.37.